The third-order valence-corrected chi connectivity index (χ3v) is 9.82. The van der Waals surface area contributed by atoms with Crippen LogP contribution in [-0.4, -0.2) is 33.2 Å². The molecule has 2 heterocycles. The molecule has 0 N–H and O–H groups in total. The molecular formula is C27H34BrFN4O2. The monoisotopic (exact) mass is 544 g/mol. The predicted molar refractivity (Wildman–Crippen MR) is 134 cm³/mol. The van der Waals surface area contributed by atoms with E-state index in [0.717, 1.165) is 48.8 Å². The topological polar surface area (TPSA) is 72.1 Å². The molecule has 188 valence electrons. The van der Waals surface area contributed by atoms with Crippen molar-refractivity contribution in [2.75, 3.05) is 11.4 Å². The zero-order valence-corrected chi connectivity index (χ0v) is 22.5. The number of halogens is 2. The normalized spacial score (nSPS) is 35.3. The minimum atomic E-state index is -0.990. The van der Waals surface area contributed by atoms with Crippen molar-refractivity contribution in [2.45, 2.75) is 101 Å². The number of hydrogen-bond acceptors (Lipinski definition) is 5. The van der Waals surface area contributed by atoms with Crippen LogP contribution in [0.5, 0.6) is 0 Å². The van der Waals surface area contributed by atoms with Crippen molar-refractivity contribution < 1.29 is 13.7 Å². The Bertz CT molecular complexity index is 1130. The summed E-state index contributed by atoms with van der Waals surface area (Å²) < 4.78 is 20.7. The Balaban J connectivity index is 1.20. The molecule has 1 amide bonds. The van der Waals surface area contributed by atoms with Gasteiger partial charge in [0, 0.05) is 34.5 Å². The van der Waals surface area contributed by atoms with Crippen molar-refractivity contribution >= 4 is 27.7 Å². The number of carbonyl (C=O) groups is 1. The van der Waals surface area contributed by atoms with E-state index in [4.69, 9.17) is 9.51 Å². The molecule has 0 atom stereocenters. The van der Waals surface area contributed by atoms with E-state index in [1.165, 1.54) is 0 Å². The summed E-state index contributed by atoms with van der Waals surface area (Å²) >= 11 is 3.54. The van der Waals surface area contributed by atoms with Crippen LogP contribution >= 0.6 is 15.9 Å². The molecule has 0 radical (unpaired) electrons. The van der Waals surface area contributed by atoms with Crippen molar-refractivity contribution in [1.29, 1.82) is 0 Å². The van der Waals surface area contributed by atoms with Gasteiger partial charge in [-0.05, 0) is 80.8 Å². The number of fused-ring (bicyclic) bond motifs is 3. The molecular weight excluding hydrogens is 511 g/mol. The van der Waals surface area contributed by atoms with Gasteiger partial charge in [-0.25, -0.2) is 9.37 Å². The summed E-state index contributed by atoms with van der Waals surface area (Å²) in [6.45, 7) is 6.95. The maximum atomic E-state index is 14.1. The van der Waals surface area contributed by atoms with Gasteiger partial charge in [-0.2, -0.15) is 4.98 Å². The van der Waals surface area contributed by atoms with Crippen LogP contribution in [-0.2, 0) is 15.6 Å². The average Bonchev–Trinajstić information content (AvgIpc) is 3.29. The molecule has 2 aromatic rings. The quantitative estimate of drug-likeness (QED) is 0.418. The van der Waals surface area contributed by atoms with E-state index >= 15 is 0 Å². The van der Waals surface area contributed by atoms with Gasteiger partial charge in [-0.15, -0.1) is 0 Å². The summed E-state index contributed by atoms with van der Waals surface area (Å²) in [5, 5.41) is 4.41. The number of amides is 1. The van der Waals surface area contributed by atoms with Gasteiger partial charge >= 0.3 is 0 Å². The largest absolute Gasteiger partial charge is 0.339 e. The summed E-state index contributed by atoms with van der Waals surface area (Å²) in [4.78, 5) is 24.9. The van der Waals surface area contributed by atoms with E-state index in [1.807, 2.05) is 17.0 Å². The lowest BCUT2D eigenvalue weighted by molar-refractivity contribution is -0.215. The molecule has 2 aromatic heterocycles. The summed E-state index contributed by atoms with van der Waals surface area (Å²) in [7, 11) is 0. The van der Waals surface area contributed by atoms with Crippen LogP contribution in [0, 0.1) is 10.8 Å². The van der Waals surface area contributed by atoms with Gasteiger partial charge in [-0.3, -0.25) is 9.69 Å². The zero-order chi connectivity index (χ0) is 24.7. The molecule has 35 heavy (non-hydrogen) atoms. The molecule has 6 fully saturated rings. The van der Waals surface area contributed by atoms with Crippen LogP contribution < -0.4 is 4.90 Å². The van der Waals surface area contributed by atoms with Gasteiger partial charge in [0.25, 0.3) is 0 Å². The molecule has 0 aliphatic heterocycles. The van der Waals surface area contributed by atoms with Crippen LogP contribution in [0.15, 0.2) is 27.3 Å². The number of anilines is 1. The third-order valence-electron chi connectivity index (χ3n) is 9.32. The van der Waals surface area contributed by atoms with Crippen LogP contribution in [0.2, 0.25) is 0 Å². The Labute approximate surface area is 214 Å². The highest BCUT2D eigenvalue weighted by Crippen LogP contribution is 2.71. The van der Waals surface area contributed by atoms with Crippen molar-refractivity contribution in [3.63, 3.8) is 0 Å². The maximum Gasteiger partial charge on any atom is 0.232 e. The van der Waals surface area contributed by atoms with Gasteiger partial charge in [-0.1, -0.05) is 41.9 Å². The first kappa shape index (κ1) is 23.6. The number of rotatable bonds is 6. The fourth-order valence-electron chi connectivity index (χ4n) is 7.22. The summed E-state index contributed by atoms with van der Waals surface area (Å²) in [5.74, 6) is 2.34. The molecule has 0 saturated heterocycles. The number of nitrogens with zero attached hydrogens (tertiary/aromatic N) is 4. The zero-order valence-electron chi connectivity index (χ0n) is 20.9. The Hall–Kier alpha value is -1.83. The first-order valence-electron chi connectivity index (χ1n) is 12.9. The highest BCUT2D eigenvalue weighted by Gasteiger charge is 2.69. The molecule has 0 spiro atoms. The van der Waals surface area contributed by atoms with Crippen molar-refractivity contribution in [1.82, 2.24) is 15.1 Å². The first-order valence-corrected chi connectivity index (χ1v) is 13.7. The van der Waals surface area contributed by atoms with E-state index in [0.29, 0.717) is 43.9 Å². The fourth-order valence-corrected chi connectivity index (χ4v) is 7.54. The molecule has 8 rings (SSSR count). The predicted octanol–water partition coefficient (Wildman–Crippen LogP) is 6.43. The lowest BCUT2D eigenvalue weighted by Gasteiger charge is -2.66. The fraction of sp³-hybridized carbons (Fsp3) is 0.704. The van der Waals surface area contributed by atoms with Gasteiger partial charge < -0.3 is 4.52 Å². The van der Waals surface area contributed by atoms with Crippen molar-refractivity contribution in [3.8, 4) is 0 Å². The van der Waals surface area contributed by atoms with Crippen molar-refractivity contribution in [3.05, 3.63) is 34.5 Å². The summed E-state index contributed by atoms with van der Waals surface area (Å²) in [6, 6.07) is 3.81. The molecule has 6 nitrogen and oxygen atoms in total. The molecule has 6 saturated carbocycles. The second-order valence-electron chi connectivity index (χ2n) is 13.1. The highest BCUT2D eigenvalue weighted by molar-refractivity contribution is 9.10. The number of pyridine rings is 1. The van der Waals surface area contributed by atoms with E-state index in [2.05, 4.69) is 46.8 Å². The molecule has 6 aliphatic carbocycles. The Kier molecular flexibility index (Phi) is 5.11. The average molecular weight is 545 g/mol. The van der Waals surface area contributed by atoms with Crippen LogP contribution in [0.4, 0.5) is 10.2 Å². The second kappa shape index (κ2) is 7.59. The van der Waals surface area contributed by atoms with Gasteiger partial charge in [0.05, 0.1) is 0 Å². The van der Waals surface area contributed by atoms with Crippen LogP contribution in [0.25, 0.3) is 0 Å². The van der Waals surface area contributed by atoms with Crippen LogP contribution in [0.1, 0.15) is 96.7 Å². The molecule has 8 heteroatoms. The minimum Gasteiger partial charge on any atom is -0.339 e. The SMILES string of the molecule is CC(C)(C)c1nc(C23CCC(CN(C(=O)CC45CC(F)(C4)C5)c4cc(Br)ccn4)(CC2)CC3)no1. The highest BCUT2D eigenvalue weighted by atomic mass is 79.9. The number of alkyl halides is 1. The van der Waals surface area contributed by atoms with Gasteiger partial charge in [0.2, 0.25) is 11.8 Å². The minimum absolute atomic E-state index is 0.0150. The lowest BCUT2D eigenvalue weighted by atomic mass is 9.41. The van der Waals surface area contributed by atoms with E-state index < -0.39 is 5.67 Å². The maximum absolute atomic E-state index is 14.1. The van der Waals surface area contributed by atoms with E-state index in [9.17, 15) is 9.18 Å². The second-order valence-corrected chi connectivity index (χ2v) is 14.0. The third kappa shape index (κ3) is 3.94. The molecule has 0 aromatic carbocycles. The van der Waals surface area contributed by atoms with Gasteiger partial charge in [0.15, 0.2) is 5.82 Å². The standard InChI is InChI=1S/C27H34BrFN4O2/c1-23(2,3)22-31-21(32-35-22)26-8-5-24(6-9-26,7-10-26)17-33(19-12-18(28)4-11-30-19)20(34)13-25-14-27(29,15-25)16-25/h4,11-12H,5-10,13-17H2,1-3H3. The Morgan fingerprint density at radius 1 is 1.11 bits per heavy atom. The Morgan fingerprint density at radius 2 is 1.77 bits per heavy atom. The molecule has 6 aliphatic rings. The van der Waals surface area contributed by atoms with Crippen molar-refractivity contribution in [2.24, 2.45) is 10.8 Å². The van der Waals surface area contributed by atoms with Crippen LogP contribution in [0.3, 0.4) is 0 Å². The summed E-state index contributed by atoms with van der Waals surface area (Å²) in [6.07, 6.45) is 9.92. The molecule has 4 bridgehead atoms. The lowest BCUT2D eigenvalue weighted by Crippen LogP contribution is -2.65. The molecule has 0 unspecified atom stereocenters. The number of hydrogen-bond donors (Lipinski definition) is 0. The van der Waals surface area contributed by atoms with E-state index in [-0.39, 0.29) is 27.6 Å². The Morgan fingerprint density at radius 3 is 2.31 bits per heavy atom. The number of aromatic nitrogens is 3. The first-order chi connectivity index (χ1) is 16.4. The van der Waals surface area contributed by atoms with E-state index in [1.54, 1.807) is 6.20 Å². The smallest absolute Gasteiger partial charge is 0.232 e. The summed E-state index contributed by atoms with van der Waals surface area (Å²) in [5.41, 5.74) is -1.21. The number of carbonyl (C=O) groups excluding carboxylic acids is 1. The van der Waals surface area contributed by atoms with Gasteiger partial charge in [0.1, 0.15) is 11.5 Å².